The molecule has 1 aromatic rings. The monoisotopic (exact) mass is 331 g/mol. The van der Waals surface area contributed by atoms with Crippen LogP contribution in [-0.2, 0) is 21.4 Å². The first kappa shape index (κ1) is 16.2. The van der Waals surface area contributed by atoms with Gasteiger partial charge in [-0.05, 0) is 24.1 Å². The van der Waals surface area contributed by atoms with Gasteiger partial charge in [0.25, 0.3) is 0 Å². The highest BCUT2D eigenvalue weighted by Crippen LogP contribution is 2.39. The van der Waals surface area contributed by atoms with Gasteiger partial charge in [-0.2, -0.15) is 13.2 Å². The number of alkyl halides is 4. The molecule has 2 aliphatic heterocycles. The van der Waals surface area contributed by atoms with Crippen molar-refractivity contribution in [2.24, 2.45) is 5.92 Å². The maximum absolute atomic E-state index is 15.1. The molecule has 0 spiro atoms. The zero-order valence-corrected chi connectivity index (χ0v) is 12.4. The van der Waals surface area contributed by atoms with Crippen LogP contribution in [0.15, 0.2) is 24.3 Å². The summed E-state index contributed by atoms with van der Waals surface area (Å²) in [5, 5.41) is 0. The SMILES string of the molecule is O=C(C1CCOC1)N1CCC(F)(c2cccc(C(F)(F)F)c2)C1. The topological polar surface area (TPSA) is 29.5 Å². The van der Waals surface area contributed by atoms with Crippen molar-refractivity contribution in [2.75, 3.05) is 26.3 Å². The molecule has 2 fully saturated rings. The standard InChI is InChI=1S/C16H17F4NO2/c17-15(12-2-1-3-13(8-12)16(18,19)20)5-6-21(10-15)14(22)11-4-7-23-9-11/h1-3,8,11H,4-7,9-10H2. The van der Waals surface area contributed by atoms with Gasteiger partial charge in [0, 0.05) is 19.6 Å². The average molecular weight is 331 g/mol. The Kier molecular flexibility index (Phi) is 4.08. The molecule has 0 bridgehead atoms. The Hall–Kier alpha value is -1.63. The van der Waals surface area contributed by atoms with Gasteiger partial charge in [-0.3, -0.25) is 4.79 Å². The fourth-order valence-electron chi connectivity index (χ4n) is 3.16. The molecule has 0 N–H and O–H groups in total. The highest BCUT2D eigenvalue weighted by Gasteiger charge is 2.44. The summed E-state index contributed by atoms with van der Waals surface area (Å²) >= 11 is 0. The van der Waals surface area contributed by atoms with E-state index in [1.54, 1.807) is 0 Å². The van der Waals surface area contributed by atoms with Crippen molar-refractivity contribution in [3.63, 3.8) is 0 Å². The van der Waals surface area contributed by atoms with Gasteiger partial charge >= 0.3 is 6.18 Å². The molecule has 2 atom stereocenters. The molecule has 2 aliphatic rings. The van der Waals surface area contributed by atoms with Gasteiger partial charge in [0.1, 0.15) is 0 Å². The van der Waals surface area contributed by atoms with Crippen LogP contribution in [0.25, 0.3) is 0 Å². The van der Waals surface area contributed by atoms with Gasteiger partial charge in [0.05, 0.1) is 24.6 Å². The maximum atomic E-state index is 15.1. The summed E-state index contributed by atoms with van der Waals surface area (Å²) in [5.41, 5.74) is -2.83. The van der Waals surface area contributed by atoms with Crippen LogP contribution in [0.1, 0.15) is 24.0 Å². The third kappa shape index (κ3) is 3.20. The molecule has 0 radical (unpaired) electrons. The first-order chi connectivity index (χ1) is 10.8. The Labute approximate surface area is 131 Å². The van der Waals surface area contributed by atoms with Crippen LogP contribution in [0.5, 0.6) is 0 Å². The third-order valence-electron chi connectivity index (χ3n) is 4.52. The highest BCUT2D eigenvalue weighted by atomic mass is 19.4. The molecular weight excluding hydrogens is 314 g/mol. The summed E-state index contributed by atoms with van der Waals surface area (Å²) in [5.74, 6) is -0.437. The molecule has 2 saturated heterocycles. The van der Waals surface area contributed by atoms with E-state index in [1.165, 1.54) is 17.0 Å². The summed E-state index contributed by atoms with van der Waals surface area (Å²) in [7, 11) is 0. The Morgan fingerprint density at radius 1 is 1.35 bits per heavy atom. The highest BCUT2D eigenvalue weighted by molar-refractivity contribution is 5.79. The normalized spacial score (nSPS) is 28.3. The predicted octanol–water partition coefficient (Wildman–Crippen LogP) is 3.14. The molecule has 1 aromatic carbocycles. The number of benzene rings is 1. The van der Waals surface area contributed by atoms with Crippen LogP contribution in [0.2, 0.25) is 0 Å². The van der Waals surface area contributed by atoms with Crippen LogP contribution < -0.4 is 0 Å². The van der Waals surface area contributed by atoms with Gasteiger partial charge in [0.2, 0.25) is 5.91 Å². The lowest BCUT2D eigenvalue weighted by atomic mass is 9.93. The van der Waals surface area contributed by atoms with Crippen molar-refractivity contribution < 1.29 is 27.1 Å². The summed E-state index contributed by atoms with van der Waals surface area (Å²) in [4.78, 5) is 13.7. The molecule has 0 aliphatic carbocycles. The lowest BCUT2D eigenvalue weighted by Crippen LogP contribution is -2.36. The number of rotatable bonds is 2. The van der Waals surface area contributed by atoms with E-state index in [-0.39, 0.29) is 36.9 Å². The average Bonchev–Trinajstić information content (AvgIpc) is 3.16. The molecule has 7 heteroatoms. The quantitative estimate of drug-likeness (QED) is 0.779. The number of carbonyl (C=O) groups excluding carboxylic acids is 1. The van der Waals surface area contributed by atoms with Gasteiger partial charge in [-0.25, -0.2) is 4.39 Å². The zero-order valence-electron chi connectivity index (χ0n) is 12.4. The van der Waals surface area contributed by atoms with Crippen molar-refractivity contribution in [3.05, 3.63) is 35.4 Å². The second-order valence-electron chi connectivity index (χ2n) is 6.11. The number of amides is 1. The lowest BCUT2D eigenvalue weighted by molar-refractivity contribution is -0.138. The van der Waals surface area contributed by atoms with Crippen LogP contribution in [-0.4, -0.2) is 37.1 Å². The van der Waals surface area contributed by atoms with E-state index >= 15 is 4.39 Å². The van der Waals surface area contributed by atoms with E-state index in [2.05, 4.69) is 0 Å². The molecule has 1 amide bonds. The Morgan fingerprint density at radius 3 is 2.78 bits per heavy atom. The molecule has 126 valence electrons. The number of nitrogens with zero attached hydrogens (tertiary/aromatic N) is 1. The van der Waals surface area contributed by atoms with Crippen molar-refractivity contribution >= 4 is 5.91 Å². The van der Waals surface area contributed by atoms with Crippen molar-refractivity contribution in [1.29, 1.82) is 0 Å². The Balaban J connectivity index is 1.77. The lowest BCUT2D eigenvalue weighted by Gasteiger charge is -2.23. The van der Waals surface area contributed by atoms with Crippen LogP contribution >= 0.6 is 0 Å². The Bertz CT molecular complexity index is 598. The van der Waals surface area contributed by atoms with Crippen LogP contribution in [0.4, 0.5) is 17.6 Å². The predicted molar refractivity (Wildman–Crippen MR) is 74.4 cm³/mol. The first-order valence-corrected chi connectivity index (χ1v) is 7.53. The number of likely N-dealkylation sites (tertiary alicyclic amines) is 1. The van der Waals surface area contributed by atoms with E-state index in [1.807, 2.05) is 0 Å². The summed E-state index contributed by atoms with van der Waals surface area (Å²) in [6.45, 7) is 0.850. The minimum atomic E-state index is -4.51. The van der Waals surface area contributed by atoms with E-state index < -0.39 is 17.4 Å². The second-order valence-corrected chi connectivity index (χ2v) is 6.11. The zero-order chi connectivity index (χ0) is 16.7. The minimum Gasteiger partial charge on any atom is -0.381 e. The largest absolute Gasteiger partial charge is 0.416 e. The van der Waals surface area contributed by atoms with Gasteiger partial charge < -0.3 is 9.64 Å². The van der Waals surface area contributed by atoms with Crippen molar-refractivity contribution in [1.82, 2.24) is 4.90 Å². The van der Waals surface area contributed by atoms with Crippen LogP contribution in [0, 0.1) is 5.92 Å². The molecule has 2 unspecified atom stereocenters. The number of hydrogen-bond acceptors (Lipinski definition) is 2. The number of ether oxygens (including phenoxy) is 1. The molecule has 3 nitrogen and oxygen atoms in total. The molecule has 0 aromatic heterocycles. The van der Waals surface area contributed by atoms with Gasteiger partial charge in [-0.15, -0.1) is 0 Å². The number of carbonyl (C=O) groups is 1. The summed E-state index contributed by atoms with van der Waals surface area (Å²) < 4.78 is 58.6. The van der Waals surface area contributed by atoms with E-state index in [9.17, 15) is 18.0 Å². The smallest absolute Gasteiger partial charge is 0.381 e. The van der Waals surface area contributed by atoms with Crippen molar-refractivity contribution in [2.45, 2.75) is 24.7 Å². The Morgan fingerprint density at radius 2 is 2.13 bits per heavy atom. The molecule has 0 saturated carbocycles. The van der Waals surface area contributed by atoms with E-state index in [0.717, 1.165) is 12.1 Å². The molecular formula is C16H17F4NO2. The fourth-order valence-corrected chi connectivity index (χ4v) is 3.16. The molecule has 2 heterocycles. The minimum absolute atomic E-state index is 0.00757. The summed E-state index contributed by atoms with van der Waals surface area (Å²) in [6.07, 6.45) is -3.90. The van der Waals surface area contributed by atoms with Crippen molar-refractivity contribution in [3.8, 4) is 0 Å². The van der Waals surface area contributed by atoms with E-state index in [0.29, 0.717) is 19.6 Å². The number of halogens is 4. The third-order valence-corrected chi connectivity index (χ3v) is 4.52. The van der Waals surface area contributed by atoms with E-state index in [4.69, 9.17) is 4.74 Å². The maximum Gasteiger partial charge on any atom is 0.416 e. The van der Waals surface area contributed by atoms with Gasteiger partial charge in [0.15, 0.2) is 5.67 Å². The molecule has 23 heavy (non-hydrogen) atoms. The first-order valence-electron chi connectivity index (χ1n) is 7.53. The second kappa shape index (κ2) is 5.78. The molecule has 3 rings (SSSR count). The van der Waals surface area contributed by atoms with Gasteiger partial charge in [-0.1, -0.05) is 12.1 Å². The fraction of sp³-hybridized carbons (Fsp3) is 0.562. The number of hydrogen-bond donors (Lipinski definition) is 0. The summed E-state index contributed by atoms with van der Waals surface area (Å²) in [6, 6.07) is 4.31. The van der Waals surface area contributed by atoms with Crippen LogP contribution in [0.3, 0.4) is 0 Å².